The second-order valence-corrected chi connectivity index (χ2v) is 10.5. The van der Waals surface area contributed by atoms with Gasteiger partial charge in [0.25, 0.3) is 11.8 Å². The fourth-order valence-electron chi connectivity index (χ4n) is 4.99. The number of aromatic hydroxyl groups is 2. The molecule has 0 heterocycles. The van der Waals surface area contributed by atoms with Gasteiger partial charge in [0.1, 0.15) is 23.0 Å². The normalized spacial score (nSPS) is 11.0. The second-order valence-electron chi connectivity index (χ2n) is 10.5. The van der Waals surface area contributed by atoms with Crippen LogP contribution in [0.3, 0.4) is 0 Å². The molecule has 0 fully saturated rings. The molecule has 0 spiro atoms. The van der Waals surface area contributed by atoms with Crippen LogP contribution in [0, 0.1) is 0 Å². The van der Waals surface area contributed by atoms with E-state index in [0.717, 1.165) is 74.0 Å². The van der Waals surface area contributed by atoms with Crippen LogP contribution >= 0.6 is 0 Å². The van der Waals surface area contributed by atoms with Gasteiger partial charge in [-0.05, 0) is 50.2 Å². The summed E-state index contributed by atoms with van der Waals surface area (Å²) in [7, 11) is 3.31. The number of methoxy groups -OCH3 is 2. The first-order valence-corrected chi connectivity index (χ1v) is 15.1. The highest BCUT2D eigenvalue weighted by atomic mass is 16.5. The zero-order valence-electron chi connectivity index (χ0n) is 26.3. The number of hydrogen-bond donors (Lipinski definition) is 4. The molecule has 0 aliphatic carbocycles. The maximum absolute atomic E-state index is 12.7. The Morgan fingerprint density at radius 3 is 1.43 bits per heavy atom. The number of para-hydroxylation sites is 2. The molecule has 0 aromatic heterocycles. The molecule has 3 rings (SSSR count). The van der Waals surface area contributed by atoms with Crippen molar-refractivity contribution in [1.29, 1.82) is 0 Å². The molecular formula is C34H46N4O6. The van der Waals surface area contributed by atoms with Crippen molar-refractivity contribution in [2.45, 2.75) is 39.8 Å². The molecule has 0 radical (unpaired) electrons. The number of nitrogens with one attached hydrogen (secondary N) is 2. The summed E-state index contributed by atoms with van der Waals surface area (Å²) >= 11 is 0. The van der Waals surface area contributed by atoms with E-state index in [9.17, 15) is 19.8 Å². The first kappa shape index (κ1) is 34.2. The maximum atomic E-state index is 12.7. The van der Waals surface area contributed by atoms with Crippen LogP contribution in [0.1, 0.15) is 58.5 Å². The second kappa shape index (κ2) is 17.7. The minimum atomic E-state index is -0.521. The Kier molecular flexibility index (Phi) is 13.8. The Morgan fingerprint density at radius 2 is 1.07 bits per heavy atom. The molecular weight excluding hydrogens is 560 g/mol. The molecule has 238 valence electrons. The van der Waals surface area contributed by atoms with E-state index in [4.69, 9.17) is 9.47 Å². The fourth-order valence-corrected chi connectivity index (χ4v) is 4.99. The molecule has 3 aromatic carbocycles. The fraction of sp³-hybridized carbons (Fsp3) is 0.412. The molecule has 0 saturated carbocycles. The number of amides is 2. The first-order chi connectivity index (χ1) is 21.3. The van der Waals surface area contributed by atoms with E-state index in [1.807, 2.05) is 48.5 Å². The number of nitrogens with zero attached hydrogens (tertiary/aromatic N) is 2. The van der Waals surface area contributed by atoms with Crippen molar-refractivity contribution in [2.24, 2.45) is 0 Å². The van der Waals surface area contributed by atoms with Crippen molar-refractivity contribution in [3.63, 3.8) is 0 Å². The van der Waals surface area contributed by atoms with Gasteiger partial charge in [-0.3, -0.25) is 19.4 Å². The van der Waals surface area contributed by atoms with E-state index in [2.05, 4.69) is 34.3 Å². The average molecular weight is 607 g/mol. The van der Waals surface area contributed by atoms with Crippen LogP contribution in [-0.2, 0) is 13.1 Å². The summed E-state index contributed by atoms with van der Waals surface area (Å²) in [5.41, 5.74) is 2.01. The maximum Gasteiger partial charge on any atom is 0.255 e. The molecule has 0 aliphatic heterocycles. The number of rotatable bonds is 18. The SMILES string of the molecule is CCN(CCCNC(=O)c1cc(O)c(C(=O)NCCCN(CC)Cc2ccccc2OC)cc1O)Cc1ccccc1OC. The van der Waals surface area contributed by atoms with Gasteiger partial charge in [-0.15, -0.1) is 0 Å². The third kappa shape index (κ3) is 9.89. The summed E-state index contributed by atoms with van der Waals surface area (Å²) in [5, 5.41) is 26.6. The predicted octanol–water partition coefficient (Wildman–Crippen LogP) is 4.40. The zero-order chi connectivity index (χ0) is 31.9. The minimum Gasteiger partial charge on any atom is -0.507 e. The van der Waals surface area contributed by atoms with Gasteiger partial charge in [-0.25, -0.2) is 0 Å². The van der Waals surface area contributed by atoms with Gasteiger partial charge in [0.05, 0.1) is 25.3 Å². The third-order valence-electron chi connectivity index (χ3n) is 7.54. The molecule has 0 bridgehead atoms. The Balaban J connectivity index is 1.45. The van der Waals surface area contributed by atoms with Crippen molar-refractivity contribution in [3.8, 4) is 23.0 Å². The van der Waals surface area contributed by atoms with Crippen molar-refractivity contribution >= 4 is 11.8 Å². The lowest BCUT2D eigenvalue weighted by Gasteiger charge is -2.22. The molecule has 4 N–H and O–H groups in total. The van der Waals surface area contributed by atoms with Crippen molar-refractivity contribution in [3.05, 3.63) is 82.9 Å². The van der Waals surface area contributed by atoms with Crippen molar-refractivity contribution < 1.29 is 29.3 Å². The van der Waals surface area contributed by atoms with Crippen LogP contribution in [0.4, 0.5) is 0 Å². The summed E-state index contributed by atoms with van der Waals surface area (Å²) in [6.45, 7) is 9.56. The summed E-state index contributed by atoms with van der Waals surface area (Å²) in [5.74, 6) is -0.0962. The van der Waals surface area contributed by atoms with Crippen LogP contribution in [0.25, 0.3) is 0 Å². The monoisotopic (exact) mass is 606 g/mol. The molecule has 10 heteroatoms. The Morgan fingerprint density at radius 1 is 0.682 bits per heavy atom. The van der Waals surface area contributed by atoms with Gasteiger partial charge >= 0.3 is 0 Å². The molecule has 0 atom stereocenters. The summed E-state index contributed by atoms with van der Waals surface area (Å²) < 4.78 is 10.9. The number of carbonyl (C=O) groups excluding carboxylic acids is 2. The number of phenolic OH excluding ortho intramolecular Hbond substituents is 2. The highest BCUT2D eigenvalue weighted by Gasteiger charge is 2.19. The van der Waals surface area contributed by atoms with Crippen LogP contribution in [0.15, 0.2) is 60.7 Å². The summed E-state index contributed by atoms with van der Waals surface area (Å²) in [6.07, 6.45) is 1.38. The van der Waals surface area contributed by atoms with E-state index < -0.39 is 11.8 Å². The number of benzene rings is 3. The Bertz CT molecular complexity index is 1260. The number of hydrogen-bond acceptors (Lipinski definition) is 8. The first-order valence-electron chi connectivity index (χ1n) is 15.1. The van der Waals surface area contributed by atoms with Crippen molar-refractivity contribution in [2.75, 3.05) is 53.5 Å². The van der Waals surface area contributed by atoms with E-state index in [1.54, 1.807) is 14.2 Å². The molecule has 0 unspecified atom stereocenters. The highest BCUT2D eigenvalue weighted by molar-refractivity contribution is 6.02. The van der Waals surface area contributed by atoms with Gasteiger partial charge in [0.2, 0.25) is 0 Å². The standard InChI is InChI=1S/C34H46N4O6/c1-5-37(23-25-13-7-9-15-31(25)43-3)19-11-17-35-33(41)27-21-30(40)28(22-29(27)39)34(42)36-18-12-20-38(6-2)24-26-14-8-10-16-32(26)44-4/h7-10,13-16,21-22,39-40H,5-6,11-12,17-20,23-24H2,1-4H3,(H,35,41)(H,36,42). The molecule has 10 nitrogen and oxygen atoms in total. The van der Waals surface area contributed by atoms with Crippen LogP contribution in [-0.4, -0.2) is 85.3 Å². The van der Waals surface area contributed by atoms with Crippen LogP contribution in [0.2, 0.25) is 0 Å². The molecule has 44 heavy (non-hydrogen) atoms. The number of carbonyl (C=O) groups is 2. The van der Waals surface area contributed by atoms with E-state index >= 15 is 0 Å². The Labute approximate surface area is 260 Å². The number of ether oxygens (including phenoxy) is 2. The van der Waals surface area contributed by atoms with Gasteiger partial charge < -0.3 is 30.3 Å². The zero-order valence-corrected chi connectivity index (χ0v) is 26.3. The smallest absolute Gasteiger partial charge is 0.255 e. The number of phenols is 2. The molecule has 3 aromatic rings. The molecule has 0 aliphatic rings. The largest absolute Gasteiger partial charge is 0.507 e. The van der Waals surface area contributed by atoms with E-state index in [0.29, 0.717) is 25.9 Å². The predicted molar refractivity (Wildman–Crippen MR) is 172 cm³/mol. The molecule has 2 amide bonds. The average Bonchev–Trinajstić information content (AvgIpc) is 3.04. The Hall–Kier alpha value is -4.28. The van der Waals surface area contributed by atoms with Crippen LogP contribution in [0.5, 0.6) is 23.0 Å². The lowest BCUT2D eigenvalue weighted by Crippen LogP contribution is -2.30. The third-order valence-corrected chi connectivity index (χ3v) is 7.54. The highest BCUT2D eigenvalue weighted by Crippen LogP contribution is 2.27. The molecule has 0 saturated heterocycles. The quantitative estimate of drug-likeness (QED) is 0.124. The van der Waals surface area contributed by atoms with Crippen molar-refractivity contribution in [1.82, 2.24) is 20.4 Å². The van der Waals surface area contributed by atoms with Gasteiger partial charge in [-0.2, -0.15) is 0 Å². The lowest BCUT2D eigenvalue weighted by atomic mass is 10.1. The summed E-state index contributed by atoms with van der Waals surface area (Å²) in [6, 6.07) is 18.0. The minimum absolute atomic E-state index is 0.0876. The van der Waals surface area contributed by atoms with E-state index in [-0.39, 0.29) is 22.6 Å². The lowest BCUT2D eigenvalue weighted by molar-refractivity contribution is 0.0934. The summed E-state index contributed by atoms with van der Waals surface area (Å²) in [4.78, 5) is 30.0. The van der Waals surface area contributed by atoms with Crippen LogP contribution < -0.4 is 20.1 Å². The van der Waals surface area contributed by atoms with Gasteiger partial charge in [0.15, 0.2) is 0 Å². The van der Waals surface area contributed by atoms with Gasteiger partial charge in [-0.1, -0.05) is 50.2 Å². The van der Waals surface area contributed by atoms with E-state index in [1.165, 1.54) is 0 Å². The topological polar surface area (TPSA) is 124 Å². The van der Waals surface area contributed by atoms with Gasteiger partial charge in [0, 0.05) is 50.4 Å².